The first-order chi connectivity index (χ1) is 8.49. The lowest BCUT2D eigenvalue weighted by Crippen LogP contribution is -2.40. The summed E-state index contributed by atoms with van der Waals surface area (Å²) in [6, 6.07) is 3.22. The van der Waals surface area contributed by atoms with Gasteiger partial charge in [0.25, 0.3) is 0 Å². The topological polar surface area (TPSA) is 61.1 Å². The number of halogens is 1. The third-order valence-corrected chi connectivity index (χ3v) is 3.67. The largest absolute Gasteiger partial charge is 0.316 e. The van der Waals surface area contributed by atoms with Crippen LogP contribution in [0.3, 0.4) is 0 Å². The van der Waals surface area contributed by atoms with Crippen LogP contribution in [0.4, 0.5) is 0 Å². The number of rotatable bonds is 3. The van der Waals surface area contributed by atoms with Crippen molar-refractivity contribution in [2.45, 2.75) is 6.54 Å². The molecule has 0 radical (unpaired) electrons. The van der Waals surface area contributed by atoms with Crippen molar-refractivity contribution in [3.05, 3.63) is 54.4 Å². The molecule has 2 aromatic heterocycles. The summed E-state index contributed by atoms with van der Waals surface area (Å²) < 4.78 is 2.78. The Kier molecular flexibility index (Phi) is 3.49. The first-order valence-corrected chi connectivity index (χ1v) is 6.23. The average molecular weight is 285 g/mol. The minimum Gasteiger partial charge on any atom is -0.312 e. The number of thiophene rings is 1. The van der Waals surface area contributed by atoms with Crippen LogP contribution >= 0.6 is 22.9 Å². The second-order valence-electron chi connectivity index (χ2n) is 3.67. The molecule has 2 heterocycles. The molecule has 18 heavy (non-hydrogen) atoms. The third kappa shape index (κ3) is 2.44. The number of aryl methyl sites for hydroxylation is 1. The fraction of sp³-hybridized carbons (Fsp3) is 0.182. The highest BCUT2D eigenvalue weighted by Gasteiger charge is 2.11. The van der Waals surface area contributed by atoms with Crippen molar-refractivity contribution in [3.63, 3.8) is 0 Å². The molecule has 5 nitrogen and oxygen atoms in total. The quantitative estimate of drug-likeness (QED) is 0.627. The summed E-state index contributed by atoms with van der Waals surface area (Å²) in [7, 11) is 1.48. The zero-order chi connectivity index (χ0) is 13.3. The standard InChI is InChI=1S/C11H9ClN2O3S/c1-13-4-5-14(11(17)10(13)16)6-7(15)8-2-3-9(12)18-8/h2-5H,6H2,1H3. The summed E-state index contributed by atoms with van der Waals surface area (Å²) >= 11 is 6.87. The summed E-state index contributed by atoms with van der Waals surface area (Å²) in [6.45, 7) is -0.161. The normalized spacial score (nSPS) is 10.6. The van der Waals surface area contributed by atoms with E-state index in [1.54, 1.807) is 12.1 Å². The van der Waals surface area contributed by atoms with Crippen LogP contribution in [0.5, 0.6) is 0 Å². The van der Waals surface area contributed by atoms with Crippen LogP contribution in [-0.4, -0.2) is 14.9 Å². The maximum atomic E-state index is 11.9. The molecule has 0 spiro atoms. The Hall–Kier alpha value is -1.66. The van der Waals surface area contributed by atoms with Crippen LogP contribution < -0.4 is 11.1 Å². The fourth-order valence-electron chi connectivity index (χ4n) is 1.41. The van der Waals surface area contributed by atoms with E-state index in [9.17, 15) is 14.4 Å². The molecule has 2 aromatic rings. The Balaban J connectivity index is 2.31. The van der Waals surface area contributed by atoms with E-state index in [0.29, 0.717) is 9.21 Å². The molecule has 0 N–H and O–H groups in total. The third-order valence-electron chi connectivity index (χ3n) is 2.40. The van der Waals surface area contributed by atoms with Crippen LogP contribution in [0.1, 0.15) is 9.67 Å². The van der Waals surface area contributed by atoms with Crippen molar-refractivity contribution < 1.29 is 4.79 Å². The van der Waals surface area contributed by atoms with Gasteiger partial charge in [0.05, 0.1) is 15.8 Å². The number of nitrogens with zero attached hydrogens (tertiary/aromatic N) is 2. The number of hydrogen-bond donors (Lipinski definition) is 0. The second kappa shape index (κ2) is 4.91. The molecule has 0 aliphatic rings. The molecule has 0 fully saturated rings. The molecule has 0 saturated carbocycles. The minimum atomic E-state index is -0.712. The van der Waals surface area contributed by atoms with Crippen molar-refractivity contribution in [2.24, 2.45) is 7.05 Å². The van der Waals surface area contributed by atoms with Gasteiger partial charge in [0, 0.05) is 19.4 Å². The van der Waals surface area contributed by atoms with Gasteiger partial charge in [0.2, 0.25) is 0 Å². The Morgan fingerprint density at radius 1 is 1.28 bits per heavy atom. The van der Waals surface area contributed by atoms with Crippen LogP contribution in [0.2, 0.25) is 4.34 Å². The van der Waals surface area contributed by atoms with Crippen molar-refractivity contribution in [1.29, 1.82) is 0 Å². The molecule has 0 saturated heterocycles. The molecule has 0 unspecified atom stereocenters. The van der Waals surface area contributed by atoms with Crippen molar-refractivity contribution in [3.8, 4) is 0 Å². The zero-order valence-corrected chi connectivity index (χ0v) is 11.0. The lowest BCUT2D eigenvalue weighted by atomic mass is 10.3. The van der Waals surface area contributed by atoms with Crippen LogP contribution in [-0.2, 0) is 13.6 Å². The summed E-state index contributed by atoms with van der Waals surface area (Å²) in [4.78, 5) is 35.4. The predicted molar refractivity (Wildman–Crippen MR) is 69.6 cm³/mol. The van der Waals surface area contributed by atoms with Gasteiger partial charge >= 0.3 is 11.1 Å². The number of hydrogen-bond acceptors (Lipinski definition) is 4. The lowest BCUT2D eigenvalue weighted by molar-refractivity contribution is 0.0974. The average Bonchev–Trinajstić information content (AvgIpc) is 2.77. The summed E-state index contributed by atoms with van der Waals surface area (Å²) in [5, 5.41) is 0. The van der Waals surface area contributed by atoms with Crippen molar-refractivity contribution >= 4 is 28.7 Å². The maximum absolute atomic E-state index is 11.9. The number of aromatic nitrogens is 2. The van der Waals surface area contributed by atoms with Gasteiger partial charge in [-0.05, 0) is 12.1 Å². The van der Waals surface area contributed by atoms with E-state index in [1.807, 2.05) is 0 Å². The van der Waals surface area contributed by atoms with Crippen LogP contribution in [0, 0.1) is 0 Å². The molecular weight excluding hydrogens is 276 g/mol. The highest BCUT2D eigenvalue weighted by molar-refractivity contribution is 7.18. The molecule has 0 aliphatic heterocycles. The van der Waals surface area contributed by atoms with E-state index in [4.69, 9.17) is 11.6 Å². The molecule has 0 amide bonds. The summed E-state index contributed by atoms with van der Waals surface area (Å²) in [5.41, 5.74) is -1.37. The van der Waals surface area contributed by atoms with Crippen LogP contribution in [0.25, 0.3) is 0 Å². The van der Waals surface area contributed by atoms with E-state index in [2.05, 4.69) is 0 Å². The van der Waals surface area contributed by atoms with Gasteiger partial charge in [-0.25, -0.2) is 0 Å². The van der Waals surface area contributed by atoms with Gasteiger partial charge in [-0.1, -0.05) is 11.6 Å². The van der Waals surface area contributed by atoms with E-state index in [0.717, 1.165) is 15.9 Å². The summed E-state index contributed by atoms with van der Waals surface area (Å²) in [6.07, 6.45) is 2.86. The fourth-order valence-corrected chi connectivity index (χ4v) is 2.38. The highest BCUT2D eigenvalue weighted by atomic mass is 35.5. The van der Waals surface area contributed by atoms with Gasteiger partial charge in [0.15, 0.2) is 5.78 Å². The SMILES string of the molecule is Cn1ccn(CC(=O)c2ccc(Cl)s2)c(=O)c1=O. The van der Waals surface area contributed by atoms with E-state index in [1.165, 1.54) is 24.0 Å². The molecular formula is C11H9ClN2O3S. The second-order valence-corrected chi connectivity index (χ2v) is 5.39. The number of carbonyl (C=O) groups excluding carboxylic acids is 1. The molecule has 0 bridgehead atoms. The Bertz CT molecular complexity index is 714. The molecule has 0 atom stereocenters. The van der Waals surface area contributed by atoms with Gasteiger partial charge in [0.1, 0.15) is 0 Å². The smallest absolute Gasteiger partial charge is 0.312 e. The van der Waals surface area contributed by atoms with E-state index >= 15 is 0 Å². The maximum Gasteiger partial charge on any atom is 0.316 e. The predicted octanol–water partition coefficient (Wildman–Crippen LogP) is 1.14. The van der Waals surface area contributed by atoms with E-state index in [-0.39, 0.29) is 12.3 Å². The molecule has 7 heteroatoms. The van der Waals surface area contributed by atoms with Crippen molar-refractivity contribution in [1.82, 2.24) is 9.13 Å². The summed E-state index contributed by atoms with van der Waals surface area (Å²) in [5.74, 6) is -0.248. The first-order valence-electron chi connectivity index (χ1n) is 5.03. The monoisotopic (exact) mass is 284 g/mol. The van der Waals surface area contributed by atoms with Gasteiger partial charge < -0.3 is 9.13 Å². The lowest BCUT2D eigenvalue weighted by Gasteiger charge is -2.04. The molecule has 0 aliphatic carbocycles. The minimum absolute atomic E-state index is 0.161. The van der Waals surface area contributed by atoms with Gasteiger partial charge in [-0.3, -0.25) is 14.4 Å². The zero-order valence-electron chi connectivity index (χ0n) is 9.42. The van der Waals surface area contributed by atoms with Crippen LogP contribution in [0.15, 0.2) is 34.1 Å². The Labute approximate surface area is 111 Å². The number of ketones is 1. The highest BCUT2D eigenvalue weighted by Crippen LogP contribution is 2.21. The van der Waals surface area contributed by atoms with Gasteiger partial charge in [-0.2, -0.15) is 0 Å². The molecule has 0 aromatic carbocycles. The Morgan fingerprint density at radius 3 is 2.61 bits per heavy atom. The van der Waals surface area contributed by atoms with E-state index < -0.39 is 11.1 Å². The first kappa shape index (κ1) is 12.8. The van der Waals surface area contributed by atoms with Gasteiger partial charge in [-0.15, -0.1) is 11.3 Å². The van der Waals surface area contributed by atoms with Crippen molar-refractivity contribution in [2.75, 3.05) is 0 Å². The number of carbonyl (C=O) groups is 1. The Morgan fingerprint density at radius 2 is 2.00 bits per heavy atom. The molecule has 94 valence electrons. The number of Topliss-reactive ketones (excluding diaryl/α,β-unsaturated/α-hetero) is 1. The molecule has 2 rings (SSSR count).